The molecule has 0 bridgehead atoms. The molecule has 1 saturated heterocycles. The standard InChI is InChI=1S/C27H25N7O2/c1-32(2)20-9-12-33(13-10-20)26-31-24(18-5-3-17(16-28)4-6-18)23(25-29-11-14-34(25)26)19-7-8-21-22(15-19)36-27(35)30-21/h3-8,11,14-15,20H,9-10,12-13H2,1-2H3,(H,30,35). The number of H-pyrrole nitrogens is 1. The van der Waals surface area contributed by atoms with Crippen molar-refractivity contribution in [1.29, 1.82) is 5.26 Å². The number of imidazole rings is 1. The molecule has 9 nitrogen and oxygen atoms in total. The van der Waals surface area contributed by atoms with Gasteiger partial charge in [-0.25, -0.2) is 14.8 Å². The van der Waals surface area contributed by atoms with Gasteiger partial charge in [0, 0.05) is 37.1 Å². The van der Waals surface area contributed by atoms with Crippen molar-refractivity contribution in [2.24, 2.45) is 0 Å². The van der Waals surface area contributed by atoms with Gasteiger partial charge in [-0.05, 0) is 56.8 Å². The largest absolute Gasteiger partial charge is 0.417 e. The molecule has 0 atom stereocenters. The maximum atomic E-state index is 11.8. The van der Waals surface area contributed by atoms with E-state index < -0.39 is 5.76 Å². The van der Waals surface area contributed by atoms with Gasteiger partial charge >= 0.3 is 5.76 Å². The Labute approximate surface area is 207 Å². The number of benzene rings is 2. The highest BCUT2D eigenvalue weighted by Crippen LogP contribution is 2.37. The Hall–Kier alpha value is -4.42. The average molecular weight is 480 g/mol. The van der Waals surface area contributed by atoms with Gasteiger partial charge in [0.1, 0.15) is 5.65 Å². The number of rotatable bonds is 4. The van der Waals surface area contributed by atoms with Crippen LogP contribution in [0.15, 0.2) is 64.1 Å². The van der Waals surface area contributed by atoms with Crippen LogP contribution in [0.3, 0.4) is 0 Å². The van der Waals surface area contributed by atoms with Crippen molar-refractivity contribution in [3.05, 3.63) is 71.0 Å². The van der Waals surface area contributed by atoms with Gasteiger partial charge in [-0.2, -0.15) is 5.26 Å². The van der Waals surface area contributed by atoms with E-state index >= 15 is 0 Å². The van der Waals surface area contributed by atoms with E-state index in [2.05, 4.69) is 34.9 Å². The van der Waals surface area contributed by atoms with Gasteiger partial charge in [-0.15, -0.1) is 0 Å². The highest BCUT2D eigenvalue weighted by molar-refractivity contribution is 5.93. The normalized spacial score (nSPS) is 14.7. The second-order valence-corrected chi connectivity index (χ2v) is 9.35. The van der Waals surface area contributed by atoms with Crippen LogP contribution in [0.25, 0.3) is 39.1 Å². The van der Waals surface area contributed by atoms with Gasteiger partial charge in [-0.1, -0.05) is 18.2 Å². The summed E-state index contributed by atoms with van der Waals surface area (Å²) in [6, 6.07) is 15.8. The zero-order chi connectivity index (χ0) is 24.8. The van der Waals surface area contributed by atoms with Crippen molar-refractivity contribution in [2.45, 2.75) is 18.9 Å². The molecule has 1 fully saturated rings. The minimum atomic E-state index is -0.491. The molecule has 0 amide bonds. The molecule has 4 heterocycles. The van der Waals surface area contributed by atoms with Crippen molar-refractivity contribution in [1.82, 2.24) is 24.3 Å². The highest BCUT2D eigenvalue weighted by atomic mass is 16.4. The summed E-state index contributed by atoms with van der Waals surface area (Å²) in [6.45, 7) is 1.80. The molecule has 36 heavy (non-hydrogen) atoms. The number of piperidine rings is 1. The fraction of sp³-hybridized carbons (Fsp3) is 0.259. The van der Waals surface area contributed by atoms with Crippen molar-refractivity contribution in [3.63, 3.8) is 0 Å². The summed E-state index contributed by atoms with van der Waals surface area (Å²) < 4.78 is 7.38. The third kappa shape index (κ3) is 3.72. The zero-order valence-corrected chi connectivity index (χ0v) is 20.1. The van der Waals surface area contributed by atoms with Crippen LogP contribution in [0, 0.1) is 11.3 Å². The maximum Gasteiger partial charge on any atom is 0.417 e. The smallest absolute Gasteiger partial charge is 0.408 e. The topological polar surface area (TPSA) is 106 Å². The number of aromatic amines is 1. The monoisotopic (exact) mass is 479 g/mol. The lowest BCUT2D eigenvalue weighted by Crippen LogP contribution is -2.43. The van der Waals surface area contributed by atoms with Crippen LogP contribution >= 0.6 is 0 Å². The molecular weight excluding hydrogens is 454 g/mol. The van der Waals surface area contributed by atoms with Crippen molar-refractivity contribution < 1.29 is 4.42 Å². The van der Waals surface area contributed by atoms with E-state index in [9.17, 15) is 10.1 Å². The van der Waals surface area contributed by atoms with Gasteiger partial charge in [0.15, 0.2) is 5.58 Å². The van der Waals surface area contributed by atoms with Crippen molar-refractivity contribution in [3.8, 4) is 28.5 Å². The van der Waals surface area contributed by atoms with Crippen LogP contribution in [-0.4, -0.2) is 57.5 Å². The number of hydrogen-bond donors (Lipinski definition) is 1. The van der Waals surface area contributed by atoms with Crippen LogP contribution in [0.2, 0.25) is 0 Å². The first-order chi connectivity index (χ1) is 17.5. The van der Waals surface area contributed by atoms with E-state index in [0.29, 0.717) is 22.7 Å². The molecule has 180 valence electrons. The molecule has 6 rings (SSSR count). The summed E-state index contributed by atoms with van der Waals surface area (Å²) in [5, 5.41) is 9.29. The van der Waals surface area contributed by atoms with Gasteiger partial charge in [0.2, 0.25) is 5.95 Å². The Morgan fingerprint density at radius 1 is 1.11 bits per heavy atom. The Bertz CT molecular complexity index is 1660. The van der Waals surface area contributed by atoms with Gasteiger partial charge in [0.05, 0.1) is 28.4 Å². The Balaban J connectivity index is 1.56. The van der Waals surface area contributed by atoms with Crippen LogP contribution < -0.4 is 10.7 Å². The number of aromatic nitrogens is 4. The van der Waals surface area contributed by atoms with Crippen LogP contribution in [0.1, 0.15) is 18.4 Å². The van der Waals surface area contributed by atoms with E-state index in [4.69, 9.17) is 14.4 Å². The SMILES string of the molecule is CN(C)C1CCN(c2nc(-c3ccc(C#N)cc3)c(-c3ccc4[nH]c(=O)oc4c3)c3nccn23)CC1. The minimum Gasteiger partial charge on any atom is -0.408 e. The number of oxazole rings is 1. The Morgan fingerprint density at radius 3 is 2.58 bits per heavy atom. The van der Waals surface area contributed by atoms with Crippen LogP contribution in [0.5, 0.6) is 0 Å². The predicted octanol–water partition coefficient (Wildman–Crippen LogP) is 3.90. The summed E-state index contributed by atoms with van der Waals surface area (Å²) in [5.74, 6) is 0.354. The first-order valence-electron chi connectivity index (χ1n) is 11.9. The molecule has 1 aliphatic rings. The third-order valence-electron chi connectivity index (χ3n) is 7.00. The average Bonchev–Trinajstić information content (AvgIpc) is 3.53. The first-order valence-corrected chi connectivity index (χ1v) is 11.9. The van der Waals surface area contributed by atoms with E-state index in [0.717, 1.165) is 59.9 Å². The highest BCUT2D eigenvalue weighted by Gasteiger charge is 2.26. The first kappa shape index (κ1) is 22.1. The number of nitrogens with one attached hydrogen (secondary N) is 1. The molecule has 1 N–H and O–H groups in total. The van der Waals surface area contributed by atoms with E-state index in [1.807, 2.05) is 40.9 Å². The third-order valence-corrected chi connectivity index (χ3v) is 7.00. The van der Waals surface area contributed by atoms with Crippen LogP contribution in [0.4, 0.5) is 5.95 Å². The fourth-order valence-electron chi connectivity index (χ4n) is 5.05. The van der Waals surface area contributed by atoms with E-state index in [-0.39, 0.29) is 0 Å². The molecule has 9 heteroatoms. The van der Waals surface area contributed by atoms with E-state index in [1.54, 1.807) is 18.3 Å². The minimum absolute atomic E-state index is 0.475. The predicted molar refractivity (Wildman–Crippen MR) is 138 cm³/mol. The number of nitriles is 1. The number of hydrogen-bond acceptors (Lipinski definition) is 7. The molecule has 0 saturated carbocycles. The second-order valence-electron chi connectivity index (χ2n) is 9.35. The van der Waals surface area contributed by atoms with Gasteiger partial charge < -0.3 is 14.2 Å². The van der Waals surface area contributed by atoms with Crippen LogP contribution in [-0.2, 0) is 0 Å². The lowest BCUT2D eigenvalue weighted by Gasteiger charge is -2.36. The van der Waals surface area contributed by atoms with Crippen molar-refractivity contribution in [2.75, 3.05) is 32.1 Å². The molecule has 5 aromatic rings. The van der Waals surface area contributed by atoms with Crippen molar-refractivity contribution >= 4 is 22.7 Å². The molecule has 3 aromatic heterocycles. The fourth-order valence-corrected chi connectivity index (χ4v) is 5.05. The second kappa shape index (κ2) is 8.66. The summed E-state index contributed by atoms with van der Waals surface area (Å²) >= 11 is 0. The number of nitrogens with zero attached hydrogens (tertiary/aromatic N) is 6. The molecular formula is C27H25N7O2. The van der Waals surface area contributed by atoms with Gasteiger partial charge in [-0.3, -0.25) is 9.38 Å². The lowest BCUT2D eigenvalue weighted by atomic mass is 9.99. The summed E-state index contributed by atoms with van der Waals surface area (Å²) in [5.41, 5.74) is 5.79. The quantitative estimate of drug-likeness (QED) is 0.417. The lowest BCUT2D eigenvalue weighted by molar-refractivity contribution is 0.249. The molecule has 1 aliphatic heterocycles. The summed E-state index contributed by atoms with van der Waals surface area (Å²) in [6.07, 6.45) is 5.84. The Morgan fingerprint density at radius 2 is 1.86 bits per heavy atom. The van der Waals surface area contributed by atoms with E-state index in [1.165, 1.54) is 0 Å². The summed E-state index contributed by atoms with van der Waals surface area (Å²) in [7, 11) is 4.27. The van der Waals surface area contributed by atoms with Gasteiger partial charge in [0.25, 0.3) is 0 Å². The molecule has 0 aliphatic carbocycles. The number of fused-ring (bicyclic) bond motifs is 2. The maximum absolute atomic E-state index is 11.8. The molecule has 0 radical (unpaired) electrons. The molecule has 0 spiro atoms. The molecule has 2 aromatic carbocycles. The number of anilines is 1. The summed E-state index contributed by atoms with van der Waals surface area (Å²) in [4.78, 5) is 29.0. The molecule has 0 unspecified atom stereocenters. The zero-order valence-electron chi connectivity index (χ0n) is 20.1. The Kier molecular flexibility index (Phi) is 5.31.